The monoisotopic (exact) mass is 368 g/mol. The maximum atomic E-state index is 13.1. The zero-order valence-electron chi connectivity index (χ0n) is 15.4. The lowest BCUT2D eigenvalue weighted by Crippen LogP contribution is -2.49. The van der Waals surface area contributed by atoms with Gasteiger partial charge in [-0.3, -0.25) is 9.78 Å². The second-order valence-corrected chi connectivity index (χ2v) is 7.31. The zero-order chi connectivity index (χ0) is 18.6. The Morgan fingerprint density at radius 1 is 1.04 bits per heavy atom. The second kappa shape index (κ2) is 7.94. The SMILES string of the molecule is O=C(c1cc(NC2CCCC2)ccn1)N1CCN(c2ccc(F)cc2)CC1. The molecule has 2 fully saturated rings. The van der Waals surface area contributed by atoms with Crippen molar-refractivity contribution in [3.05, 3.63) is 54.1 Å². The number of piperazine rings is 1. The number of carbonyl (C=O) groups excluding carboxylic acids is 1. The summed E-state index contributed by atoms with van der Waals surface area (Å²) in [6.07, 6.45) is 6.63. The Morgan fingerprint density at radius 3 is 2.44 bits per heavy atom. The van der Waals surface area contributed by atoms with Crippen molar-refractivity contribution in [2.24, 2.45) is 0 Å². The summed E-state index contributed by atoms with van der Waals surface area (Å²) in [5.74, 6) is -0.256. The van der Waals surface area contributed by atoms with Gasteiger partial charge in [0.05, 0.1) is 0 Å². The van der Waals surface area contributed by atoms with Crippen LogP contribution in [0.2, 0.25) is 0 Å². The van der Waals surface area contributed by atoms with E-state index in [0.29, 0.717) is 24.8 Å². The van der Waals surface area contributed by atoms with Crippen molar-refractivity contribution in [3.63, 3.8) is 0 Å². The maximum absolute atomic E-state index is 13.1. The van der Waals surface area contributed by atoms with Gasteiger partial charge in [0, 0.05) is 49.8 Å². The topological polar surface area (TPSA) is 48.5 Å². The van der Waals surface area contributed by atoms with Crippen LogP contribution in [-0.4, -0.2) is 48.0 Å². The lowest BCUT2D eigenvalue weighted by Gasteiger charge is -2.36. The number of halogens is 1. The van der Waals surface area contributed by atoms with Gasteiger partial charge in [0.2, 0.25) is 0 Å². The van der Waals surface area contributed by atoms with Gasteiger partial charge >= 0.3 is 0 Å². The summed E-state index contributed by atoms with van der Waals surface area (Å²) in [5, 5.41) is 3.52. The van der Waals surface area contributed by atoms with Crippen LogP contribution in [0.5, 0.6) is 0 Å². The van der Waals surface area contributed by atoms with Crippen molar-refractivity contribution in [1.29, 1.82) is 0 Å². The zero-order valence-corrected chi connectivity index (χ0v) is 15.4. The molecule has 1 N–H and O–H groups in total. The number of rotatable bonds is 4. The first kappa shape index (κ1) is 17.8. The molecule has 6 heteroatoms. The molecule has 2 heterocycles. The Balaban J connectivity index is 1.36. The fourth-order valence-corrected chi connectivity index (χ4v) is 3.92. The number of hydrogen-bond donors (Lipinski definition) is 1. The third-order valence-corrected chi connectivity index (χ3v) is 5.46. The predicted octanol–water partition coefficient (Wildman–Crippen LogP) is 3.54. The van der Waals surface area contributed by atoms with Gasteiger partial charge in [-0.2, -0.15) is 0 Å². The average Bonchev–Trinajstić information content (AvgIpc) is 3.21. The third kappa shape index (κ3) is 4.21. The van der Waals surface area contributed by atoms with Gasteiger partial charge in [0.1, 0.15) is 11.5 Å². The highest BCUT2D eigenvalue weighted by Crippen LogP contribution is 2.23. The molecule has 1 aliphatic carbocycles. The molecule has 0 bridgehead atoms. The van der Waals surface area contributed by atoms with Gasteiger partial charge in [-0.1, -0.05) is 12.8 Å². The standard InChI is InChI=1S/C21H25FN4O/c22-16-5-7-19(8-6-16)25-11-13-26(14-12-25)21(27)20-15-18(9-10-23-20)24-17-3-1-2-4-17/h5-10,15,17H,1-4,11-14H2,(H,23,24). The molecule has 5 nitrogen and oxygen atoms in total. The number of pyridine rings is 1. The number of hydrogen-bond acceptors (Lipinski definition) is 4. The van der Waals surface area contributed by atoms with Crippen LogP contribution in [0.1, 0.15) is 36.2 Å². The highest BCUT2D eigenvalue weighted by atomic mass is 19.1. The van der Waals surface area contributed by atoms with E-state index in [9.17, 15) is 9.18 Å². The molecule has 1 saturated carbocycles. The molecule has 0 unspecified atom stereocenters. The Bertz CT molecular complexity index is 781. The molecule has 1 saturated heterocycles. The quantitative estimate of drug-likeness (QED) is 0.897. The Kier molecular flexibility index (Phi) is 5.23. The van der Waals surface area contributed by atoms with E-state index in [2.05, 4.69) is 15.2 Å². The highest BCUT2D eigenvalue weighted by molar-refractivity contribution is 5.93. The average molecular weight is 368 g/mol. The van der Waals surface area contributed by atoms with Crippen LogP contribution >= 0.6 is 0 Å². The molecule has 142 valence electrons. The minimum atomic E-state index is -0.232. The van der Waals surface area contributed by atoms with Crippen molar-refractivity contribution >= 4 is 17.3 Å². The molecule has 2 aliphatic rings. The van der Waals surface area contributed by atoms with Crippen LogP contribution in [-0.2, 0) is 0 Å². The number of anilines is 2. The first-order valence-electron chi connectivity index (χ1n) is 9.71. The number of amides is 1. The minimum absolute atomic E-state index is 0.0242. The molecule has 1 aromatic heterocycles. The van der Waals surface area contributed by atoms with E-state index in [1.165, 1.54) is 37.8 Å². The van der Waals surface area contributed by atoms with E-state index in [-0.39, 0.29) is 11.7 Å². The first-order valence-corrected chi connectivity index (χ1v) is 9.71. The molecule has 1 amide bonds. The molecule has 2 aromatic rings. The van der Waals surface area contributed by atoms with E-state index in [4.69, 9.17) is 0 Å². The largest absolute Gasteiger partial charge is 0.382 e. The van der Waals surface area contributed by atoms with Gasteiger partial charge in [-0.05, 0) is 49.2 Å². The van der Waals surface area contributed by atoms with Crippen molar-refractivity contribution in [2.75, 3.05) is 36.4 Å². The van der Waals surface area contributed by atoms with Crippen molar-refractivity contribution in [1.82, 2.24) is 9.88 Å². The summed E-state index contributed by atoms with van der Waals surface area (Å²) in [6.45, 7) is 2.74. The van der Waals surface area contributed by atoms with Crippen LogP contribution in [0, 0.1) is 5.82 Å². The smallest absolute Gasteiger partial charge is 0.272 e. The summed E-state index contributed by atoms with van der Waals surface area (Å²) >= 11 is 0. The Morgan fingerprint density at radius 2 is 1.74 bits per heavy atom. The number of benzene rings is 1. The summed E-state index contributed by atoms with van der Waals surface area (Å²) in [7, 11) is 0. The number of nitrogens with zero attached hydrogens (tertiary/aromatic N) is 3. The molecule has 1 aliphatic heterocycles. The van der Waals surface area contributed by atoms with Crippen LogP contribution in [0.4, 0.5) is 15.8 Å². The molecule has 4 rings (SSSR count). The Hall–Kier alpha value is -2.63. The number of aromatic nitrogens is 1. The molecule has 0 radical (unpaired) electrons. The lowest BCUT2D eigenvalue weighted by molar-refractivity contribution is 0.0741. The van der Waals surface area contributed by atoms with E-state index in [1.54, 1.807) is 18.3 Å². The van der Waals surface area contributed by atoms with Gasteiger partial charge in [0.15, 0.2) is 0 Å². The van der Waals surface area contributed by atoms with E-state index in [1.807, 2.05) is 17.0 Å². The fraction of sp³-hybridized carbons (Fsp3) is 0.429. The summed E-state index contributed by atoms with van der Waals surface area (Å²) in [6, 6.07) is 10.8. The molecular weight excluding hydrogens is 343 g/mol. The highest BCUT2D eigenvalue weighted by Gasteiger charge is 2.23. The summed E-state index contributed by atoms with van der Waals surface area (Å²) in [5.41, 5.74) is 2.46. The predicted molar refractivity (Wildman–Crippen MR) is 105 cm³/mol. The van der Waals surface area contributed by atoms with Crippen molar-refractivity contribution < 1.29 is 9.18 Å². The maximum Gasteiger partial charge on any atom is 0.272 e. The normalized spacial score (nSPS) is 18.0. The number of nitrogens with one attached hydrogen (secondary N) is 1. The van der Waals surface area contributed by atoms with E-state index < -0.39 is 0 Å². The van der Waals surface area contributed by atoms with Crippen LogP contribution in [0.3, 0.4) is 0 Å². The fourth-order valence-electron chi connectivity index (χ4n) is 3.92. The van der Waals surface area contributed by atoms with Crippen molar-refractivity contribution in [2.45, 2.75) is 31.7 Å². The molecular formula is C21H25FN4O. The van der Waals surface area contributed by atoms with E-state index in [0.717, 1.165) is 24.5 Å². The molecule has 27 heavy (non-hydrogen) atoms. The van der Waals surface area contributed by atoms with E-state index >= 15 is 0 Å². The summed E-state index contributed by atoms with van der Waals surface area (Å²) < 4.78 is 13.1. The van der Waals surface area contributed by atoms with Gasteiger partial charge in [-0.15, -0.1) is 0 Å². The van der Waals surface area contributed by atoms with Gasteiger partial charge < -0.3 is 15.1 Å². The number of carbonyl (C=O) groups is 1. The third-order valence-electron chi connectivity index (χ3n) is 5.46. The Labute approximate surface area is 159 Å². The lowest BCUT2D eigenvalue weighted by atomic mass is 10.2. The molecule has 0 atom stereocenters. The molecule has 0 spiro atoms. The minimum Gasteiger partial charge on any atom is -0.382 e. The first-order chi connectivity index (χ1) is 13.2. The van der Waals surface area contributed by atoms with Crippen LogP contribution in [0.15, 0.2) is 42.6 Å². The summed E-state index contributed by atoms with van der Waals surface area (Å²) in [4.78, 5) is 21.2. The van der Waals surface area contributed by atoms with Crippen molar-refractivity contribution in [3.8, 4) is 0 Å². The second-order valence-electron chi connectivity index (χ2n) is 7.31. The van der Waals surface area contributed by atoms with Gasteiger partial charge in [0.25, 0.3) is 5.91 Å². The van der Waals surface area contributed by atoms with Crippen LogP contribution in [0.25, 0.3) is 0 Å². The van der Waals surface area contributed by atoms with Gasteiger partial charge in [-0.25, -0.2) is 4.39 Å². The van der Waals surface area contributed by atoms with Crippen LogP contribution < -0.4 is 10.2 Å². The molecule has 1 aromatic carbocycles.